The predicted octanol–water partition coefficient (Wildman–Crippen LogP) is 2.03. The molecule has 0 saturated heterocycles. The third-order valence-electron chi connectivity index (χ3n) is 2.25. The van der Waals surface area contributed by atoms with Crippen molar-refractivity contribution in [3.05, 3.63) is 40.8 Å². The lowest BCUT2D eigenvalue weighted by Crippen LogP contribution is -2.40. The molecule has 76 valence electrons. The third-order valence-corrected chi connectivity index (χ3v) is 2.25. The summed E-state index contributed by atoms with van der Waals surface area (Å²) >= 11 is 0. The highest BCUT2D eigenvalue weighted by atomic mass is 16.3. The van der Waals surface area contributed by atoms with Gasteiger partial charge in [0.1, 0.15) is 19.6 Å². The fourth-order valence-electron chi connectivity index (χ4n) is 1.47. The highest BCUT2D eigenvalue weighted by Gasteiger charge is 2.14. The average Bonchev–Trinajstić information content (AvgIpc) is 2.16. The minimum absolute atomic E-state index is 0.389. The molecule has 3 heteroatoms. The van der Waals surface area contributed by atoms with Crippen molar-refractivity contribution in [1.29, 1.82) is 0 Å². The number of nitrogens with zero attached hydrogens (tertiary/aromatic N) is 2. The molecule has 0 fully saturated rings. The van der Waals surface area contributed by atoms with Crippen LogP contribution in [0.25, 0.3) is 0 Å². The van der Waals surface area contributed by atoms with E-state index in [2.05, 4.69) is 31.4 Å². The van der Waals surface area contributed by atoms with Crippen molar-refractivity contribution in [2.24, 2.45) is 5.18 Å². The normalized spacial score (nSPS) is 11.3. The maximum absolute atomic E-state index is 10.0. The van der Waals surface area contributed by atoms with E-state index in [1.54, 1.807) is 0 Å². The summed E-state index contributed by atoms with van der Waals surface area (Å²) in [5.74, 6) is 0. The van der Waals surface area contributed by atoms with Crippen LogP contribution >= 0.6 is 0 Å². The molecule has 1 aromatic rings. The van der Waals surface area contributed by atoms with Crippen molar-refractivity contribution in [2.75, 3.05) is 27.2 Å². The van der Waals surface area contributed by atoms with E-state index in [0.717, 1.165) is 17.6 Å². The molecule has 0 aliphatic rings. The molecule has 1 aromatic carbocycles. The molecule has 0 aliphatic carbocycles. The number of nitroso groups, excluding NO2 is 1. The third kappa shape index (κ3) is 3.66. The van der Waals surface area contributed by atoms with E-state index >= 15 is 0 Å². The van der Waals surface area contributed by atoms with Crippen LogP contribution in [0.2, 0.25) is 0 Å². The molecule has 0 heterocycles. The Labute approximate surface area is 84.9 Å². The molecule has 0 radical (unpaired) electrons. The summed E-state index contributed by atoms with van der Waals surface area (Å²) < 4.78 is 0.801. The molecule has 0 unspecified atom stereocenters. The highest BCUT2D eigenvalue weighted by Crippen LogP contribution is 2.08. The van der Waals surface area contributed by atoms with Crippen molar-refractivity contribution >= 4 is 0 Å². The standard InChI is InChI=1S/C11H17N2O/c1-13(2,9-8-12-14)10-11-6-4-3-5-7-11/h3-7H,8-10H2,1-2H3/q+1. The zero-order valence-electron chi connectivity index (χ0n) is 8.81. The van der Waals surface area contributed by atoms with Gasteiger partial charge < -0.3 is 4.48 Å². The number of quaternary nitrogens is 1. The fourth-order valence-corrected chi connectivity index (χ4v) is 1.47. The van der Waals surface area contributed by atoms with E-state index in [9.17, 15) is 4.91 Å². The summed E-state index contributed by atoms with van der Waals surface area (Å²) in [5.41, 5.74) is 1.29. The zero-order chi connectivity index (χ0) is 10.4. The number of hydrogen-bond acceptors (Lipinski definition) is 2. The van der Waals surface area contributed by atoms with Gasteiger partial charge in [0.15, 0.2) is 0 Å². The molecule has 0 atom stereocenters. The van der Waals surface area contributed by atoms with Crippen LogP contribution in [0.4, 0.5) is 0 Å². The van der Waals surface area contributed by atoms with Gasteiger partial charge in [0.05, 0.1) is 14.1 Å². The summed E-state index contributed by atoms with van der Waals surface area (Å²) in [6.07, 6.45) is 0. The van der Waals surface area contributed by atoms with E-state index in [1.165, 1.54) is 5.56 Å². The maximum atomic E-state index is 10.0. The van der Waals surface area contributed by atoms with Crippen molar-refractivity contribution in [3.8, 4) is 0 Å². The summed E-state index contributed by atoms with van der Waals surface area (Å²) in [6.45, 7) is 2.12. The molecular formula is C11H17N2O+. The van der Waals surface area contributed by atoms with Crippen LogP contribution in [-0.4, -0.2) is 31.7 Å². The first kappa shape index (κ1) is 10.9. The van der Waals surface area contributed by atoms with E-state index in [0.29, 0.717) is 6.54 Å². The van der Waals surface area contributed by atoms with Gasteiger partial charge in [0, 0.05) is 5.56 Å². The van der Waals surface area contributed by atoms with Crippen molar-refractivity contribution in [2.45, 2.75) is 6.54 Å². The van der Waals surface area contributed by atoms with Crippen LogP contribution in [0.15, 0.2) is 35.5 Å². The van der Waals surface area contributed by atoms with Gasteiger partial charge >= 0.3 is 0 Å². The van der Waals surface area contributed by atoms with Crippen LogP contribution in [0.5, 0.6) is 0 Å². The fraction of sp³-hybridized carbons (Fsp3) is 0.455. The molecule has 3 nitrogen and oxygen atoms in total. The van der Waals surface area contributed by atoms with Gasteiger partial charge in [-0.3, -0.25) is 0 Å². The van der Waals surface area contributed by atoms with Gasteiger partial charge in [-0.05, 0) is 0 Å². The van der Waals surface area contributed by atoms with Crippen molar-refractivity contribution < 1.29 is 4.48 Å². The first-order chi connectivity index (χ1) is 6.64. The lowest BCUT2D eigenvalue weighted by atomic mass is 10.2. The number of hydrogen-bond donors (Lipinski definition) is 0. The largest absolute Gasteiger partial charge is 0.323 e. The van der Waals surface area contributed by atoms with Gasteiger partial charge in [0.25, 0.3) is 0 Å². The van der Waals surface area contributed by atoms with E-state index < -0.39 is 0 Å². The Balaban J connectivity index is 2.54. The molecule has 1 rings (SSSR count). The van der Waals surface area contributed by atoms with Gasteiger partial charge in [-0.2, -0.15) is 4.91 Å². The summed E-state index contributed by atoms with van der Waals surface area (Å²) in [7, 11) is 4.22. The second kappa shape index (κ2) is 4.86. The first-order valence-corrected chi connectivity index (χ1v) is 4.79. The Kier molecular flexibility index (Phi) is 3.77. The number of rotatable bonds is 5. The quantitative estimate of drug-likeness (QED) is 0.519. The van der Waals surface area contributed by atoms with Gasteiger partial charge in [-0.25, -0.2) is 0 Å². The Bertz CT molecular complexity index is 283. The minimum Gasteiger partial charge on any atom is -0.323 e. The van der Waals surface area contributed by atoms with E-state index in [4.69, 9.17) is 0 Å². The SMILES string of the molecule is C[N+](C)(CCN=O)Cc1ccccc1. The molecular weight excluding hydrogens is 176 g/mol. The number of likely N-dealkylation sites (N-methyl/N-ethyl adjacent to an activating group) is 1. The van der Waals surface area contributed by atoms with Gasteiger partial charge in [-0.15, -0.1) is 0 Å². The average molecular weight is 193 g/mol. The lowest BCUT2D eigenvalue weighted by Gasteiger charge is -2.28. The Morgan fingerprint density at radius 2 is 1.86 bits per heavy atom. The van der Waals surface area contributed by atoms with Gasteiger partial charge in [0.2, 0.25) is 0 Å². The predicted molar refractivity (Wildman–Crippen MR) is 57.8 cm³/mol. The minimum atomic E-state index is 0.389. The molecule has 14 heavy (non-hydrogen) atoms. The molecule has 0 aromatic heterocycles. The number of benzene rings is 1. The smallest absolute Gasteiger partial charge is 0.130 e. The zero-order valence-corrected chi connectivity index (χ0v) is 8.81. The van der Waals surface area contributed by atoms with Crippen LogP contribution in [-0.2, 0) is 6.54 Å². The Morgan fingerprint density at radius 1 is 1.21 bits per heavy atom. The van der Waals surface area contributed by atoms with E-state index in [1.807, 2.05) is 18.2 Å². The monoisotopic (exact) mass is 193 g/mol. The van der Waals surface area contributed by atoms with Crippen molar-refractivity contribution in [1.82, 2.24) is 0 Å². The first-order valence-electron chi connectivity index (χ1n) is 4.79. The molecule has 0 N–H and O–H groups in total. The van der Waals surface area contributed by atoms with Crippen molar-refractivity contribution in [3.63, 3.8) is 0 Å². The second-order valence-corrected chi connectivity index (χ2v) is 4.16. The maximum Gasteiger partial charge on any atom is 0.130 e. The molecule has 0 spiro atoms. The summed E-state index contributed by atoms with van der Waals surface area (Å²) in [6, 6.07) is 10.3. The van der Waals surface area contributed by atoms with E-state index in [-0.39, 0.29) is 0 Å². The summed E-state index contributed by atoms with van der Waals surface area (Å²) in [5, 5.41) is 2.90. The van der Waals surface area contributed by atoms with Crippen LogP contribution in [0.1, 0.15) is 5.56 Å². The van der Waals surface area contributed by atoms with Gasteiger partial charge in [-0.1, -0.05) is 35.5 Å². The van der Waals surface area contributed by atoms with Crippen LogP contribution in [0, 0.1) is 4.91 Å². The Hall–Kier alpha value is -1.22. The molecule has 0 aliphatic heterocycles. The van der Waals surface area contributed by atoms with Crippen LogP contribution in [0.3, 0.4) is 0 Å². The molecule has 0 bridgehead atoms. The van der Waals surface area contributed by atoms with Crippen LogP contribution < -0.4 is 0 Å². The Morgan fingerprint density at radius 3 is 2.43 bits per heavy atom. The second-order valence-electron chi connectivity index (χ2n) is 4.16. The molecule has 0 saturated carbocycles. The summed E-state index contributed by atoms with van der Waals surface area (Å²) in [4.78, 5) is 10.0. The topological polar surface area (TPSA) is 29.4 Å². The lowest BCUT2D eigenvalue weighted by molar-refractivity contribution is -0.902. The highest BCUT2D eigenvalue weighted by molar-refractivity contribution is 5.13. The molecule has 0 amide bonds.